The second-order valence-corrected chi connectivity index (χ2v) is 2.38. The molecule has 0 aromatic rings. The number of aliphatic hydroxyl groups is 2. The third-order valence-corrected chi connectivity index (χ3v) is 1.48. The normalized spacial score (nSPS) is 16.8. The van der Waals surface area contributed by atoms with Gasteiger partial charge in [0.15, 0.2) is 0 Å². The Morgan fingerprint density at radius 1 is 1.67 bits per heavy atom. The first kappa shape index (κ1) is 8.94. The minimum absolute atomic E-state index is 0.0364. The van der Waals surface area contributed by atoms with Gasteiger partial charge in [-0.2, -0.15) is 12.6 Å². The Kier molecular flexibility index (Phi) is 4.75. The highest BCUT2D eigenvalue weighted by atomic mass is 32.1. The van der Waals surface area contributed by atoms with Crippen LogP contribution in [0.4, 0.5) is 0 Å². The van der Waals surface area contributed by atoms with E-state index in [2.05, 4.69) is 12.6 Å². The largest absolute Gasteiger partial charge is 0.395 e. The fourth-order valence-corrected chi connectivity index (χ4v) is 0.499. The van der Waals surface area contributed by atoms with Crippen molar-refractivity contribution in [1.82, 2.24) is 0 Å². The second kappa shape index (κ2) is 4.78. The standard InChI is InChI=1S/C5H10O3S/c6-2-1-4(8)5(9)3-7/h2,4-5,7-9H,1,3H2/t4-,5+/m0/s1. The van der Waals surface area contributed by atoms with Gasteiger partial charge in [0.1, 0.15) is 6.29 Å². The summed E-state index contributed by atoms with van der Waals surface area (Å²) < 4.78 is 0. The summed E-state index contributed by atoms with van der Waals surface area (Å²) in [4.78, 5) is 9.76. The van der Waals surface area contributed by atoms with Crippen LogP contribution in [-0.2, 0) is 4.79 Å². The molecule has 0 radical (unpaired) electrons. The van der Waals surface area contributed by atoms with Gasteiger partial charge in [-0.05, 0) is 0 Å². The highest BCUT2D eigenvalue weighted by Crippen LogP contribution is 2.02. The lowest BCUT2D eigenvalue weighted by molar-refractivity contribution is -0.109. The molecule has 0 fully saturated rings. The molecule has 54 valence electrons. The van der Waals surface area contributed by atoms with Crippen molar-refractivity contribution in [2.75, 3.05) is 6.61 Å². The number of aliphatic hydroxyl groups excluding tert-OH is 2. The fourth-order valence-electron chi connectivity index (χ4n) is 0.377. The molecule has 0 amide bonds. The van der Waals surface area contributed by atoms with Gasteiger partial charge in [0.2, 0.25) is 0 Å². The molecule has 0 saturated carbocycles. The number of rotatable bonds is 4. The third kappa shape index (κ3) is 3.51. The first-order valence-corrected chi connectivity index (χ1v) is 3.14. The van der Waals surface area contributed by atoms with Crippen molar-refractivity contribution in [1.29, 1.82) is 0 Å². The molecule has 4 heteroatoms. The minimum atomic E-state index is -0.823. The number of thiol groups is 1. The van der Waals surface area contributed by atoms with E-state index in [0.717, 1.165) is 0 Å². The maximum atomic E-state index is 9.76. The lowest BCUT2D eigenvalue weighted by Gasteiger charge is -2.11. The zero-order valence-corrected chi connectivity index (χ0v) is 5.79. The van der Waals surface area contributed by atoms with Gasteiger partial charge in [-0.15, -0.1) is 0 Å². The van der Waals surface area contributed by atoms with E-state index in [1.54, 1.807) is 0 Å². The molecule has 2 atom stereocenters. The second-order valence-electron chi connectivity index (χ2n) is 1.72. The van der Waals surface area contributed by atoms with E-state index < -0.39 is 11.4 Å². The quantitative estimate of drug-likeness (QED) is 0.364. The highest BCUT2D eigenvalue weighted by molar-refractivity contribution is 7.81. The summed E-state index contributed by atoms with van der Waals surface area (Å²) >= 11 is 3.80. The van der Waals surface area contributed by atoms with Crippen LogP contribution in [0.3, 0.4) is 0 Å². The van der Waals surface area contributed by atoms with E-state index in [1.165, 1.54) is 0 Å². The molecule has 0 aliphatic heterocycles. The molecule has 0 unspecified atom stereocenters. The molecule has 0 bridgehead atoms. The van der Waals surface area contributed by atoms with Crippen molar-refractivity contribution < 1.29 is 15.0 Å². The van der Waals surface area contributed by atoms with E-state index in [0.29, 0.717) is 6.29 Å². The Hall–Kier alpha value is -0.0600. The van der Waals surface area contributed by atoms with Gasteiger partial charge in [0.05, 0.1) is 18.0 Å². The molecule has 3 nitrogen and oxygen atoms in total. The molecule has 0 rings (SSSR count). The molecule has 9 heavy (non-hydrogen) atoms. The minimum Gasteiger partial charge on any atom is -0.395 e. The number of carbonyl (C=O) groups is 1. The molecule has 0 aromatic carbocycles. The van der Waals surface area contributed by atoms with E-state index in [-0.39, 0.29) is 13.0 Å². The monoisotopic (exact) mass is 150 g/mol. The summed E-state index contributed by atoms with van der Waals surface area (Å²) in [5, 5.41) is 16.7. The summed E-state index contributed by atoms with van der Waals surface area (Å²) in [5.41, 5.74) is 0. The van der Waals surface area contributed by atoms with Gasteiger partial charge in [-0.3, -0.25) is 0 Å². The Morgan fingerprint density at radius 3 is 2.56 bits per heavy atom. The molecular weight excluding hydrogens is 140 g/mol. The number of hydrogen-bond donors (Lipinski definition) is 3. The maximum Gasteiger partial charge on any atom is 0.122 e. The van der Waals surface area contributed by atoms with Crippen LogP contribution in [0.25, 0.3) is 0 Å². The number of hydrogen-bond acceptors (Lipinski definition) is 4. The number of aldehydes is 1. The van der Waals surface area contributed by atoms with Gasteiger partial charge in [0.25, 0.3) is 0 Å². The van der Waals surface area contributed by atoms with Gasteiger partial charge in [-0.25, -0.2) is 0 Å². The van der Waals surface area contributed by atoms with Crippen LogP contribution in [0, 0.1) is 0 Å². The van der Waals surface area contributed by atoms with Crippen LogP contribution in [0.15, 0.2) is 0 Å². The van der Waals surface area contributed by atoms with Crippen molar-refractivity contribution >= 4 is 18.9 Å². The molecular formula is C5H10O3S. The van der Waals surface area contributed by atoms with Gasteiger partial charge in [-0.1, -0.05) is 0 Å². The van der Waals surface area contributed by atoms with Crippen LogP contribution in [0.5, 0.6) is 0 Å². The van der Waals surface area contributed by atoms with Crippen molar-refractivity contribution in [2.45, 2.75) is 17.8 Å². The molecule has 0 spiro atoms. The van der Waals surface area contributed by atoms with E-state index in [9.17, 15) is 4.79 Å². The molecule has 2 N–H and O–H groups in total. The average molecular weight is 150 g/mol. The lowest BCUT2D eigenvalue weighted by atomic mass is 10.2. The fraction of sp³-hybridized carbons (Fsp3) is 0.800. The zero-order chi connectivity index (χ0) is 7.28. The van der Waals surface area contributed by atoms with Crippen LogP contribution in [0.1, 0.15) is 6.42 Å². The SMILES string of the molecule is O=CC[C@H](O)[C@H](S)CO. The summed E-state index contributed by atoms with van der Waals surface area (Å²) in [7, 11) is 0. The van der Waals surface area contributed by atoms with Gasteiger partial charge < -0.3 is 15.0 Å². The smallest absolute Gasteiger partial charge is 0.122 e. The van der Waals surface area contributed by atoms with E-state index in [1.807, 2.05) is 0 Å². The average Bonchev–Trinajstić information content (AvgIpc) is 1.87. The van der Waals surface area contributed by atoms with Crippen molar-refractivity contribution in [3.8, 4) is 0 Å². The van der Waals surface area contributed by atoms with Crippen LogP contribution >= 0.6 is 12.6 Å². The Balaban J connectivity index is 3.44. The molecule has 0 saturated heterocycles. The summed E-state index contributed by atoms with van der Waals surface area (Å²) in [5.74, 6) is 0. The summed E-state index contributed by atoms with van der Waals surface area (Å²) in [6.45, 7) is -0.210. The molecule has 0 heterocycles. The molecule has 0 aromatic heterocycles. The maximum absolute atomic E-state index is 9.76. The van der Waals surface area contributed by atoms with Crippen LogP contribution < -0.4 is 0 Å². The van der Waals surface area contributed by atoms with Crippen molar-refractivity contribution in [3.05, 3.63) is 0 Å². The lowest BCUT2D eigenvalue weighted by Crippen LogP contribution is -2.24. The Labute approximate surface area is 59.1 Å². The Morgan fingerprint density at radius 2 is 2.22 bits per heavy atom. The summed E-state index contributed by atoms with van der Waals surface area (Å²) in [6.07, 6.45) is -0.186. The molecule has 0 aliphatic rings. The van der Waals surface area contributed by atoms with E-state index in [4.69, 9.17) is 10.2 Å². The number of carbonyl (C=O) groups excluding carboxylic acids is 1. The predicted molar refractivity (Wildman–Crippen MR) is 36.5 cm³/mol. The zero-order valence-electron chi connectivity index (χ0n) is 4.90. The van der Waals surface area contributed by atoms with E-state index >= 15 is 0 Å². The van der Waals surface area contributed by atoms with Crippen molar-refractivity contribution in [2.24, 2.45) is 0 Å². The summed E-state index contributed by atoms with van der Waals surface area (Å²) in [6, 6.07) is 0. The Bertz CT molecular complexity index is 86.3. The predicted octanol–water partition coefficient (Wildman–Crippen LogP) is -0.773. The van der Waals surface area contributed by atoms with Gasteiger partial charge >= 0.3 is 0 Å². The van der Waals surface area contributed by atoms with Crippen LogP contribution in [0.2, 0.25) is 0 Å². The van der Waals surface area contributed by atoms with Crippen molar-refractivity contribution in [3.63, 3.8) is 0 Å². The molecule has 0 aliphatic carbocycles. The van der Waals surface area contributed by atoms with Crippen LogP contribution in [-0.4, -0.2) is 34.5 Å². The third-order valence-electron chi connectivity index (χ3n) is 0.969. The first-order chi connectivity index (χ1) is 4.22. The first-order valence-electron chi connectivity index (χ1n) is 2.63. The van der Waals surface area contributed by atoms with Gasteiger partial charge in [0, 0.05) is 6.42 Å². The highest BCUT2D eigenvalue weighted by Gasteiger charge is 2.12. The topological polar surface area (TPSA) is 57.5 Å².